The van der Waals surface area contributed by atoms with Gasteiger partial charge < -0.3 is 9.47 Å². The molecule has 0 fully saturated rings. The lowest BCUT2D eigenvalue weighted by molar-refractivity contribution is -0.384. The molecule has 1 aliphatic rings. The molecule has 0 radical (unpaired) electrons. The number of benzene rings is 2. The summed E-state index contributed by atoms with van der Waals surface area (Å²) in [6.45, 7) is 0.888. The number of non-ortho nitro benzene ring substituents is 1. The van der Waals surface area contributed by atoms with Crippen LogP contribution < -0.4 is 9.47 Å². The van der Waals surface area contributed by atoms with E-state index in [0.29, 0.717) is 40.9 Å². The van der Waals surface area contributed by atoms with E-state index in [1.54, 1.807) is 18.2 Å². The predicted molar refractivity (Wildman–Crippen MR) is 88.9 cm³/mol. The van der Waals surface area contributed by atoms with Gasteiger partial charge in [0.2, 0.25) is 0 Å². The van der Waals surface area contributed by atoms with Crippen molar-refractivity contribution in [2.45, 2.75) is 0 Å². The molecule has 0 aliphatic carbocycles. The highest BCUT2D eigenvalue weighted by Crippen LogP contribution is 2.38. The number of nitro benzene ring substituents is 1. The van der Waals surface area contributed by atoms with Crippen molar-refractivity contribution < 1.29 is 19.2 Å². The van der Waals surface area contributed by atoms with Gasteiger partial charge in [-0.15, -0.1) is 0 Å². The zero-order valence-corrected chi connectivity index (χ0v) is 13.2. The minimum Gasteiger partial charge on any atom is -0.486 e. The predicted octanol–water partition coefficient (Wildman–Crippen LogP) is 3.92. The minimum absolute atomic E-state index is 0.0610. The monoisotopic (exact) mass is 345 g/mol. The van der Waals surface area contributed by atoms with Crippen molar-refractivity contribution in [3.63, 3.8) is 0 Å². The van der Waals surface area contributed by atoms with E-state index in [1.807, 2.05) is 0 Å². The quantitative estimate of drug-likeness (QED) is 0.363. The Morgan fingerprint density at radius 2 is 1.88 bits per heavy atom. The summed E-state index contributed by atoms with van der Waals surface area (Å²) >= 11 is 6.14. The number of hydrogen-bond donors (Lipinski definition) is 0. The Labute approximate surface area is 142 Å². The van der Waals surface area contributed by atoms with Gasteiger partial charge in [0.05, 0.1) is 9.95 Å². The smallest absolute Gasteiger partial charge is 0.269 e. The molecule has 6 nitrogen and oxygen atoms in total. The highest BCUT2D eigenvalue weighted by Gasteiger charge is 2.16. The molecule has 0 amide bonds. The maximum atomic E-state index is 12.1. The number of halogens is 1. The van der Waals surface area contributed by atoms with Crippen LogP contribution >= 0.6 is 11.6 Å². The number of nitrogens with zero attached hydrogens (tertiary/aromatic N) is 1. The first kappa shape index (κ1) is 16.0. The molecule has 0 bridgehead atoms. The topological polar surface area (TPSA) is 78.7 Å². The van der Waals surface area contributed by atoms with Crippen molar-refractivity contribution in [3.05, 3.63) is 68.7 Å². The maximum absolute atomic E-state index is 12.1. The van der Waals surface area contributed by atoms with Crippen LogP contribution in [0.2, 0.25) is 5.02 Å². The van der Waals surface area contributed by atoms with Gasteiger partial charge in [0, 0.05) is 17.7 Å². The Kier molecular flexibility index (Phi) is 4.48. The molecule has 0 unspecified atom stereocenters. The highest BCUT2D eigenvalue weighted by molar-refractivity contribution is 6.32. The van der Waals surface area contributed by atoms with Gasteiger partial charge in [0.1, 0.15) is 13.2 Å². The van der Waals surface area contributed by atoms with Crippen molar-refractivity contribution in [2.75, 3.05) is 13.2 Å². The number of hydrogen-bond acceptors (Lipinski definition) is 5. The van der Waals surface area contributed by atoms with Crippen molar-refractivity contribution >= 4 is 29.1 Å². The Balaban J connectivity index is 1.79. The summed E-state index contributed by atoms with van der Waals surface area (Å²) in [5.41, 5.74) is 0.995. The number of allylic oxidation sites excluding steroid dienone is 1. The average Bonchev–Trinajstić information content (AvgIpc) is 2.60. The summed E-state index contributed by atoms with van der Waals surface area (Å²) in [7, 11) is 0. The molecule has 24 heavy (non-hydrogen) atoms. The summed E-state index contributed by atoms with van der Waals surface area (Å²) in [5.74, 6) is 0.772. The first-order chi connectivity index (χ1) is 11.5. The van der Waals surface area contributed by atoms with Crippen LogP contribution in [-0.4, -0.2) is 23.9 Å². The Morgan fingerprint density at radius 1 is 1.17 bits per heavy atom. The van der Waals surface area contributed by atoms with Crippen LogP contribution in [0.4, 0.5) is 5.69 Å². The van der Waals surface area contributed by atoms with Gasteiger partial charge in [-0.05, 0) is 35.9 Å². The van der Waals surface area contributed by atoms with E-state index in [9.17, 15) is 14.9 Å². The minimum atomic E-state index is -0.513. The molecular formula is C17H12ClNO5. The van der Waals surface area contributed by atoms with Gasteiger partial charge >= 0.3 is 0 Å². The zero-order valence-electron chi connectivity index (χ0n) is 12.4. The standard InChI is InChI=1S/C17H12ClNO5/c18-14-9-11(10-16-17(14)24-8-7-23-16)1-6-15(20)12-2-4-13(5-3-12)19(21)22/h1-6,9-10H,7-8H2/b6-1+. The summed E-state index contributed by atoms with van der Waals surface area (Å²) < 4.78 is 10.9. The lowest BCUT2D eigenvalue weighted by atomic mass is 10.1. The number of carbonyl (C=O) groups excluding carboxylic acids is 1. The van der Waals surface area contributed by atoms with Crippen LogP contribution in [0, 0.1) is 10.1 Å². The third-order valence-corrected chi connectivity index (χ3v) is 3.69. The molecule has 0 spiro atoms. The van der Waals surface area contributed by atoms with E-state index in [2.05, 4.69) is 0 Å². The van der Waals surface area contributed by atoms with Crippen LogP contribution in [-0.2, 0) is 0 Å². The van der Waals surface area contributed by atoms with E-state index in [0.717, 1.165) is 0 Å². The number of ketones is 1. The Morgan fingerprint density at radius 3 is 2.58 bits per heavy atom. The number of fused-ring (bicyclic) bond motifs is 1. The molecule has 2 aromatic carbocycles. The molecular weight excluding hydrogens is 334 g/mol. The lowest BCUT2D eigenvalue weighted by Crippen LogP contribution is -2.15. The van der Waals surface area contributed by atoms with Crippen LogP contribution in [0.15, 0.2) is 42.5 Å². The molecule has 0 saturated carbocycles. The first-order valence-corrected chi connectivity index (χ1v) is 7.48. The molecule has 0 aromatic heterocycles. The van der Waals surface area contributed by atoms with E-state index < -0.39 is 4.92 Å². The average molecular weight is 346 g/mol. The molecule has 2 aromatic rings. The Hall–Kier alpha value is -2.86. The van der Waals surface area contributed by atoms with Gasteiger partial charge in [0.15, 0.2) is 17.3 Å². The largest absolute Gasteiger partial charge is 0.486 e. The molecule has 0 saturated heterocycles. The van der Waals surface area contributed by atoms with Crippen LogP contribution in [0.3, 0.4) is 0 Å². The fourth-order valence-corrected chi connectivity index (χ4v) is 2.52. The molecule has 3 rings (SSSR count). The number of ether oxygens (including phenoxy) is 2. The van der Waals surface area contributed by atoms with E-state index in [1.165, 1.54) is 30.3 Å². The number of nitro groups is 1. The second-order valence-electron chi connectivity index (χ2n) is 5.03. The van der Waals surface area contributed by atoms with Gasteiger partial charge in [0.25, 0.3) is 5.69 Å². The van der Waals surface area contributed by atoms with Crippen LogP contribution in [0.25, 0.3) is 6.08 Å². The maximum Gasteiger partial charge on any atom is 0.269 e. The van der Waals surface area contributed by atoms with E-state index in [4.69, 9.17) is 21.1 Å². The fourth-order valence-electron chi connectivity index (χ4n) is 2.24. The van der Waals surface area contributed by atoms with Gasteiger partial charge in [-0.1, -0.05) is 17.7 Å². The third-order valence-electron chi connectivity index (χ3n) is 3.41. The van der Waals surface area contributed by atoms with Crippen LogP contribution in [0.5, 0.6) is 11.5 Å². The second kappa shape index (κ2) is 6.72. The SMILES string of the molecule is O=C(/C=C/c1cc(Cl)c2c(c1)OCCO2)c1ccc([N+](=O)[O-])cc1. The lowest BCUT2D eigenvalue weighted by Gasteiger charge is -2.19. The van der Waals surface area contributed by atoms with E-state index in [-0.39, 0.29) is 11.5 Å². The fraction of sp³-hybridized carbons (Fsp3) is 0.118. The zero-order chi connectivity index (χ0) is 17.1. The van der Waals surface area contributed by atoms with Gasteiger partial charge in [-0.25, -0.2) is 0 Å². The molecule has 7 heteroatoms. The highest BCUT2D eigenvalue weighted by atomic mass is 35.5. The summed E-state index contributed by atoms with van der Waals surface area (Å²) in [5, 5.41) is 11.0. The van der Waals surface area contributed by atoms with Crippen molar-refractivity contribution in [1.29, 1.82) is 0 Å². The number of carbonyl (C=O) groups is 1. The second-order valence-corrected chi connectivity index (χ2v) is 5.44. The van der Waals surface area contributed by atoms with Crippen molar-refractivity contribution in [2.24, 2.45) is 0 Å². The van der Waals surface area contributed by atoms with Crippen molar-refractivity contribution in [1.82, 2.24) is 0 Å². The molecule has 1 aliphatic heterocycles. The van der Waals surface area contributed by atoms with Crippen molar-refractivity contribution in [3.8, 4) is 11.5 Å². The Bertz CT molecular complexity index is 830. The molecule has 122 valence electrons. The van der Waals surface area contributed by atoms with E-state index >= 15 is 0 Å². The summed E-state index contributed by atoms with van der Waals surface area (Å²) in [4.78, 5) is 22.2. The van der Waals surface area contributed by atoms with Gasteiger partial charge in [-0.3, -0.25) is 14.9 Å². The van der Waals surface area contributed by atoms with Gasteiger partial charge in [-0.2, -0.15) is 0 Å². The third kappa shape index (κ3) is 3.38. The van der Waals surface area contributed by atoms with Crippen LogP contribution in [0.1, 0.15) is 15.9 Å². The molecule has 0 atom stereocenters. The summed E-state index contributed by atoms with van der Waals surface area (Å²) in [6.07, 6.45) is 2.98. The summed E-state index contributed by atoms with van der Waals surface area (Å²) in [6, 6.07) is 8.84. The molecule has 1 heterocycles. The first-order valence-electron chi connectivity index (χ1n) is 7.10. The molecule has 0 N–H and O–H groups in total. The number of rotatable bonds is 4. The normalized spacial score (nSPS) is 13.0.